The molecule has 0 amide bonds. The fourth-order valence-corrected chi connectivity index (χ4v) is 0.712. The summed E-state index contributed by atoms with van der Waals surface area (Å²) in [6.45, 7) is 10.1. The van der Waals surface area contributed by atoms with E-state index in [0.717, 1.165) is 0 Å². The van der Waals surface area contributed by atoms with Crippen molar-refractivity contribution in [2.75, 3.05) is 6.61 Å². The van der Waals surface area contributed by atoms with Crippen molar-refractivity contribution in [3.8, 4) is 0 Å². The van der Waals surface area contributed by atoms with Crippen LogP contribution < -0.4 is 0 Å². The quantitative estimate of drug-likeness (QED) is 0.662. The Balaban J connectivity index is 3.98. The van der Waals surface area contributed by atoms with Crippen LogP contribution in [0.5, 0.6) is 0 Å². The van der Waals surface area contributed by atoms with Gasteiger partial charge in [-0.3, -0.25) is 4.79 Å². The smallest absolute Gasteiger partial charge is 0.344 e. The molecular weight excluding hydrogens is 196 g/mol. The number of hydrogen-bond acceptors (Lipinski definition) is 4. The summed E-state index contributed by atoms with van der Waals surface area (Å²) in [6, 6.07) is 0. The molecule has 0 fully saturated rings. The molecule has 0 spiro atoms. The molecule has 0 rings (SSSR count). The largest absolute Gasteiger partial charge is 0.457 e. The molecule has 0 aliphatic carbocycles. The number of carbonyl (C=O) groups is 2. The predicted molar refractivity (Wildman–Crippen MR) is 56.3 cm³/mol. The lowest BCUT2D eigenvalue weighted by Crippen LogP contribution is -2.30. The molecule has 4 heteroatoms. The summed E-state index contributed by atoms with van der Waals surface area (Å²) >= 11 is 0. The Bertz CT molecular complexity index is 242. The molecule has 0 saturated heterocycles. The zero-order valence-electron chi connectivity index (χ0n) is 10.3. The third-order valence-corrected chi connectivity index (χ3v) is 1.35. The van der Waals surface area contributed by atoms with Crippen molar-refractivity contribution in [1.82, 2.24) is 0 Å². The molecule has 0 saturated carbocycles. The minimum absolute atomic E-state index is 0.326. The Hall–Kier alpha value is -1.06. The van der Waals surface area contributed by atoms with Gasteiger partial charge in [0.05, 0.1) is 5.41 Å². The van der Waals surface area contributed by atoms with Gasteiger partial charge in [0.25, 0.3) is 0 Å². The third-order valence-electron chi connectivity index (χ3n) is 1.35. The molecule has 0 aliphatic heterocycles. The fraction of sp³-hybridized carbons (Fsp3) is 0.818. The van der Waals surface area contributed by atoms with Gasteiger partial charge >= 0.3 is 11.9 Å². The average molecular weight is 216 g/mol. The Morgan fingerprint density at radius 1 is 1.00 bits per heavy atom. The van der Waals surface area contributed by atoms with Crippen molar-refractivity contribution < 1.29 is 19.1 Å². The van der Waals surface area contributed by atoms with Crippen molar-refractivity contribution in [2.24, 2.45) is 5.41 Å². The molecular formula is C11H20O4. The van der Waals surface area contributed by atoms with E-state index in [-0.39, 0.29) is 6.61 Å². The van der Waals surface area contributed by atoms with Gasteiger partial charge in [-0.1, -0.05) is 0 Å². The summed E-state index contributed by atoms with van der Waals surface area (Å²) < 4.78 is 9.79. The molecule has 0 atom stereocenters. The lowest BCUT2D eigenvalue weighted by molar-refractivity contribution is -0.170. The van der Waals surface area contributed by atoms with Crippen LogP contribution in [0.3, 0.4) is 0 Å². The SMILES string of the molecule is CC(C)(C)OC(=O)COC(=O)C(C)(C)C. The molecule has 0 bridgehead atoms. The van der Waals surface area contributed by atoms with Crippen molar-refractivity contribution in [2.45, 2.75) is 47.1 Å². The van der Waals surface area contributed by atoms with E-state index in [1.54, 1.807) is 41.5 Å². The monoisotopic (exact) mass is 216 g/mol. The number of carbonyl (C=O) groups excluding carboxylic acids is 2. The molecule has 0 unspecified atom stereocenters. The summed E-state index contributed by atoms with van der Waals surface area (Å²) in [5, 5.41) is 0. The number of esters is 2. The summed E-state index contributed by atoms with van der Waals surface area (Å²) in [5.41, 5.74) is -1.15. The first kappa shape index (κ1) is 13.9. The lowest BCUT2D eigenvalue weighted by atomic mass is 9.97. The van der Waals surface area contributed by atoms with E-state index in [4.69, 9.17) is 9.47 Å². The Morgan fingerprint density at radius 3 is 1.80 bits per heavy atom. The normalized spacial score (nSPS) is 12.1. The van der Waals surface area contributed by atoms with Crippen LogP contribution in [-0.4, -0.2) is 24.1 Å². The molecule has 88 valence electrons. The molecule has 0 aromatic heterocycles. The molecule has 4 nitrogen and oxygen atoms in total. The number of hydrogen-bond donors (Lipinski definition) is 0. The van der Waals surface area contributed by atoms with Crippen molar-refractivity contribution in [3.63, 3.8) is 0 Å². The fourth-order valence-electron chi connectivity index (χ4n) is 0.712. The highest BCUT2D eigenvalue weighted by Crippen LogP contribution is 2.15. The highest BCUT2D eigenvalue weighted by Gasteiger charge is 2.25. The predicted octanol–water partition coefficient (Wildman–Crippen LogP) is 1.92. The maximum absolute atomic E-state index is 11.3. The second-order valence-electron chi connectivity index (χ2n) is 5.41. The van der Waals surface area contributed by atoms with Crippen LogP contribution in [0.1, 0.15) is 41.5 Å². The van der Waals surface area contributed by atoms with Crippen molar-refractivity contribution >= 4 is 11.9 Å². The van der Waals surface area contributed by atoms with Crippen molar-refractivity contribution in [3.05, 3.63) is 0 Å². The molecule has 15 heavy (non-hydrogen) atoms. The maximum atomic E-state index is 11.3. The molecule has 0 heterocycles. The van der Waals surface area contributed by atoms with Gasteiger partial charge in [0.2, 0.25) is 0 Å². The summed E-state index contributed by atoms with van der Waals surface area (Å²) in [6.07, 6.45) is 0. The minimum atomic E-state index is -0.595. The van der Waals surface area contributed by atoms with Crippen LogP contribution in [0.2, 0.25) is 0 Å². The van der Waals surface area contributed by atoms with E-state index in [0.29, 0.717) is 0 Å². The van der Waals surface area contributed by atoms with Crippen molar-refractivity contribution in [1.29, 1.82) is 0 Å². The molecule has 0 radical (unpaired) electrons. The molecule has 0 N–H and O–H groups in total. The zero-order chi connectivity index (χ0) is 12.3. The standard InChI is InChI=1S/C11H20O4/c1-10(2,3)9(13)14-7-8(12)15-11(4,5)6/h7H2,1-6H3. The summed E-state index contributed by atoms with van der Waals surface area (Å²) in [7, 11) is 0. The van der Waals surface area contributed by atoms with E-state index in [2.05, 4.69) is 0 Å². The van der Waals surface area contributed by atoms with Gasteiger partial charge in [0, 0.05) is 0 Å². The first-order chi connectivity index (χ1) is 6.52. The highest BCUT2D eigenvalue weighted by atomic mass is 16.6. The molecule has 0 aromatic rings. The second kappa shape index (κ2) is 4.64. The molecule has 0 aliphatic rings. The maximum Gasteiger partial charge on any atom is 0.344 e. The molecule has 0 aromatic carbocycles. The van der Waals surface area contributed by atoms with Gasteiger partial charge in [-0.05, 0) is 41.5 Å². The van der Waals surface area contributed by atoms with Gasteiger partial charge in [-0.25, -0.2) is 4.79 Å². The van der Waals surface area contributed by atoms with Gasteiger partial charge in [-0.2, -0.15) is 0 Å². The van der Waals surface area contributed by atoms with E-state index in [1.807, 2.05) is 0 Å². The van der Waals surface area contributed by atoms with E-state index in [1.165, 1.54) is 0 Å². The van der Waals surface area contributed by atoms with Crippen LogP contribution in [0.15, 0.2) is 0 Å². The van der Waals surface area contributed by atoms with Gasteiger partial charge in [0.1, 0.15) is 5.60 Å². The first-order valence-corrected chi connectivity index (χ1v) is 4.91. The number of ether oxygens (including phenoxy) is 2. The van der Waals surface area contributed by atoms with E-state index >= 15 is 0 Å². The topological polar surface area (TPSA) is 52.6 Å². The minimum Gasteiger partial charge on any atom is -0.457 e. The first-order valence-electron chi connectivity index (χ1n) is 4.91. The lowest BCUT2D eigenvalue weighted by Gasteiger charge is -2.20. The van der Waals surface area contributed by atoms with Crippen LogP contribution >= 0.6 is 0 Å². The average Bonchev–Trinajstić information content (AvgIpc) is 1.94. The number of rotatable bonds is 2. The zero-order valence-corrected chi connectivity index (χ0v) is 10.3. The van der Waals surface area contributed by atoms with Crippen LogP contribution in [0, 0.1) is 5.41 Å². The summed E-state index contributed by atoms with van der Waals surface area (Å²) in [4.78, 5) is 22.5. The van der Waals surface area contributed by atoms with Crippen LogP contribution in [-0.2, 0) is 19.1 Å². The summed E-state index contributed by atoms with van der Waals surface area (Å²) in [5.74, 6) is -0.937. The Labute approximate surface area is 90.9 Å². The Kier molecular flexibility index (Phi) is 4.31. The van der Waals surface area contributed by atoms with Gasteiger partial charge < -0.3 is 9.47 Å². The van der Waals surface area contributed by atoms with E-state index < -0.39 is 23.0 Å². The van der Waals surface area contributed by atoms with Gasteiger partial charge in [-0.15, -0.1) is 0 Å². The van der Waals surface area contributed by atoms with Crippen LogP contribution in [0.4, 0.5) is 0 Å². The third kappa shape index (κ3) is 6.94. The Morgan fingerprint density at radius 2 is 1.47 bits per heavy atom. The van der Waals surface area contributed by atoms with Gasteiger partial charge in [0.15, 0.2) is 6.61 Å². The highest BCUT2D eigenvalue weighted by molar-refractivity contribution is 5.79. The van der Waals surface area contributed by atoms with E-state index in [9.17, 15) is 9.59 Å². The van der Waals surface area contributed by atoms with Crippen LogP contribution in [0.25, 0.3) is 0 Å². The second-order valence-corrected chi connectivity index (χ2v) is 5.41.